The Bertz CT molecular complexity index is 545. The first-order valence-electron chi connectivity index (χ1n) is 6.84. The van der Waals surface area contributed by atoms with Gasteiger partial charge in [-0.3, -0.25) is 4.79 Å². The highest BCUT2D eigenvalue weighted by molar-refractivity contribution is 5.96. The molecule has 2 N–H and O–H groups in total. The Balaban J connectivity index is 2.23. The van der Waals surface area contributed by atoms with Crippen molar-refractivity contribution >= 4 is 11.6 Å². The number of amides is 1. The Kier molecular flexibility index (Phi) is 4.35. The molecule has 1 aliphatic rings. The highest BCUT2D eigenvalue weighted by Gasteiger charge is 2.38. The van der Waals surface area contributed by atoms with E-state index >= 15 is 0 Å². The maximum absolute atomic E-state index is 13.5. The molecule has 0 bridgehead atoms. The number of piperidine rings is 1. The largest absolute Gasteiger partial charge is 0.324 e. The van der Waals surface area contributed by atoms with Crippen molar-refractivity contribution in [3.05, 3.63) is 29.6 Å². The van der Waals surface area contributed by atoms with E-state index in [9.17, 15) is 9.18 Å². The summed E-state index contributed by atoms with van der Waals surface area (Å²) in [6.45, 7) is 3.51. The van der Waals surface area contributed by atoms with Gasteiger partial charge in [-0.15, -0.1) is 0 Å². The van der Waals surface area contributed by atoms with Crippen molar-refractivity contribution in [2.75, 3.05) is 18.4 Å². The van der Waals surface area contributed by atoms with Crippen LogP contribution in [0.25, 0.3) is 0 Å². The summed E-state index contributed by atoms with van der Waals surface area (Å²) >= 11 is 0. The Morgan fingerprint density at radius 3 is 3.00 bits per heavy atom. The maximum Gasteiger partial charge on any atom is 0.231 e. The van der Waals surface area contributed by atoms with E-state index in [0.29, 0.717) is 13.0 Å². The van der Waals surface area contributed by atoms with Gasteiger partial charge < -0.3 is 10.6 Å². The lowest BCUT2D eigenvalue weighted by atomic mass is 9.77. The summed E-state index contributed by atoms with van der Waals surface area (Å²) in [4.78, 5) is 12.5. The van der Waals surface area contributed by atoms with Crippen LogP contribution >= 0.6 is 0 Å². The standard InChI is InChI=1S/C15H18FN3O/c1-2-15(7-4-8-18-10-15)14(20)19-13-6-3-5-12(16)11(13)9-17/h3,5-6,18H,2,4,7-8,10H2,1H3,(H,19,20). The van der Waals surface area contributed by atoms with Crippen LogP contribution < -0.4 is 10.6 Å². The second kappa shape index (κ2) is 6.02. The lowest BCUT2D eigenvalue weighted by Crippen LogP contribution is -2.47. The van der Waals surface area contributed by atoms with Gasteiger partial charge in [0, 0.05) is 6.54 Å². The topological polar surface area (TPSA) is 64.9 Å². The predicted octanol–water partition coefficient (Wildman–Crippen LogP) is 2.42. The van der Waals surface area contributed by atoms with Gasteiger partial charge in [-0.25, -0.2) is 4.39 Å². The third-order valence-corrected chi connectivity index (χ3v) is 4.00. The minimum absolute atomic E-state index is 0.115. The second-order valence-corrected chi connectivity index (χ2v) is 5.14. The van der Waals surface area contributed by atoms with E-state index in [-0.39, 0.29) is 17.2 Å². The number of nitrogens with one attached hydrogen (secondary N) is 2. The van der Waals surface area contributed by atoms with Crippen LogP contribution in [0.4, 0.5) is 10.1 Å². The molecule has 0 saturated carbocycles. The molecule has 4 nitrogen and oxygen atoms in total. The zero-order valence-electron chi connectivity index (χ0n) is 11.5. The first-order chi connectivity index (χ1) is 9.63. The van der Waals surface area contributed by atoms with Gasteiger partial charge in [0.2, 0.25) is 5.91 Å². The van der Waals surface area contributed by atoms with Crippen LogP contribution in [0.1, 0.15) is 31.7 Å². The van der Waals surface area contributed by atoms with Gasteiger partial charge in [0.15, 0.2) is 0 Å². The van der Waals surface area contributed by atoms with Gasteiger partial charge in [-0.1, -0.05) is 13.0 Å². The van der Waals surface area contributed by atoms with E-state index < -0.39 is 11.2 Å². The number of carbonyl (C=O) groups is 1. The first kappa shape index (κ1) is 14.5. The molecule has 1 saturated heterocycles. The van der Waals surface area contributed by atoms with E-state index in [1.807, 2.05) is 6.92 Å². The van der Waals surface area contributed by atoms with E-state index in [2.05, 4.69) is 10.6 Å². The monoisotopic (exact) mass is 275 g/mol. The summed E-state index contributed by atoms with van der Waals surface area (Å²) in [5.74, 6) is -0.757. The summed E-state index contributed by atoms with van der Waals surface area (Å²) in [6, 6.07) is 6.06. The van der Waals surface area contributed by atoms with Gasteiger partial charge in [0.25, 0.3) is 0 Å². The molecule has 1 atom stereocenters. The van der Waals surface area contributed by atoms with E-state index in [1.54, 1.807) is 12.1 Å². The quantitative estimate of drug-likeness (QED) is 0.890. The van der Waals surface area contributed by atoms with Gasteiger partial charge in [-0.2, -0.15) is 5.26 Å². The number of anilines is 1. The number of carbonyl (C=O) groups excluding carboxylic acids is 1. The van der Waals surface area contributed by atoms with Crippen molar-refractivity contribution in [1.29, 1.82) is 5.26 Å². The van der Waals surface area contributed by atoms with Crippen molar-refractivity contribution in [1.82, 2.24) is 5.32 Å². The highest BCUT2D eigenvalue weighted by atomic mass is 19.1. The number of halogens is 1. The summed E-state index contributed by atoms with van der Waals surface area (Å²) < 4.78 is 13.5. The predicted molar refractivity (Wildman–Crippen MR) is 74.6 cm³/mol. The molecule has 1 aromatic rings. The first-order valence-corrected chi connectivity index (χ1v) is 6.84. The zero-order valence-corrected chi connectivity index (χ0v) is 11.5. The molecule has 0 aliphatic carbocycles. The lowest BCUT2D eigenvalue weighted by Gasteiger charge is -2.35. The number of nitrogens with zero attached hydrogens (tertiary/aromatic N) is 1. The fourth-order valence-corrected chi connectivity index (χ4v) is 2.62. The fourth-order valence-electron chi connectivity index (χ4n) is 2.62. The molecule has 0 radical (unpaired) electrons. The lowest BCUT2D eigenvalue weighted by molar-refractivity contribution is -0.126. The van der Waals surface area contributed by atoms with Crippen LogP contribution in [0.5, 0.6) is 0 Å². The average Bonchev–Trinajstić information content (AvgIpc) is 2.48. The van der Waals surface area contributed by atoms with Crippen molar-refractivity contribution in [3.8, 4) is 6.07 Å². The molecule has 1 aliphatic heterocycles. The van der Waals surface area contributed by atoms with Crippen molar-refractivity contribution in [3.63, 3.8) is 0 Å². The highest BCUT2D eigenvalue weighted by Crippen LogP contribution is 2.32. The van der Waals surface area contributed by atoms with Crippen LogP contribution in [-0.4, -0.2) is 19.0 Å². The number of hydrogen-bond acceptors (Lipinski definition) is 3. The number of nitriles is 1. The summed E-state index contributed by atoms with van der Waals surface area (Å²) in [6.07, 6.45) is 2.46. The molecular formula is C15H18FN3O. The Labute approximate surface area is 118 Å². The van der Waals surface area contributed by atoms with Crippen LogP contribution in [0.2, 0.25) is 0 Å². The molecule has 1 aromatic carbocycles. The van der Waals surface area contributed by atoms with Crippen LogP contribution in [0.3, 0.4) is 0 Å². The van der Waals surface area contributed by atoms with Crippen LogP contribution in [0.15, 0.2) is 18.2 Å². The third kappa shape index (κ3) is 2.66. The Morgan fingerprint density at radius 1 is 1.60 bits per heavy atom. The van der Waals surface area contributed by atoms with Crippen LogP contribution in [-0.2, 0) is 4.79 Å². The number of benzene rings is 1. The molecule has 106 valence electrons. The molecule has 20 heavy (non-hydrogen) atoms. The summed E-state index contributed by atoms with van der Waals surface area (Å²) in [5, 5.41) is 14.9. The molecular weight excluding hydrogens is 257 g/mol. The van der Waals surface area contributed by atoms with E-state index in [1.165, 1.54) is 12.1 Å². The molecule has 5 heteroatoms. The third-order valence-electron chi connectivity index (χ3n) is 4.00. The minimum atomic E-state index is -0.613. The zero-order chi connectivity index (χ0) is 14.6. The van der Waals surface area contributed by atoms with Crippen LogP contribution in [0, 0.1) is 22.6 Å². The molecule has 1 heterocycles. The van der Waals surface area contributed by atoms with E-state index in [0.717, 1.165) is 19.4 Å². The Hall–Kier alpha value is -1.93. The molecule has 0 aromatic heterocycles. The van der Waals surface area contributed by atoms with Gasteiger partial charge in [0.1, 0.15) is 17.4 Å². The number of hydrogen-bond donors (Lipinski definition) is 2. The minimum Gasteiger partial charge on any atom is -0.324 e. The van der Waals surface area contributed by atoms with E-state index in [4.69, 9.17) is 5.26 Å². The second-order valence-electron chi connectivity index (χ2n) is 5.14. The average molecular weight is 275 g/mol. The summed E-state index contributed by atoms with van der Waals surface area (Å²) in [7, 11) is 0. The molecule has 2 rings (SSSR count). The van der Waals surface area contributed by atoms with Gasteiger partial charge in [0.05, 0.1) is 11.1 Å². The smallest absolute Gasteiger partial charge is 0.231 e. The fraction of sp³-hybridized carbons (Fsp3) is 0.467. The van der Waals surface area contributed by atoms with Crippen molar-refractivity contribution in [2.24, 2.45) is 5.41 Å². The van der Waals surface area contributed by atoms with Crippen molar-refractivity contribution < 1.29 is 9.18 Å². The SMILES string of the molecule is CCC1(C(=O)Nc2cccc(F)c2C#N)CCCNC1. The number of rotatable bonds is 3. The van der Waals surface area contributed by atoms with Crippen molar-refractivity contribution in [2.45, 2.75) is 26.2 Å². The van der Waals surface area contributed by atoms with Gasteiger partial charge >= 0.3 is 0 Å². The molecule has 0 spiro atoms. The van der Waals surface area contributed by atoms with Gasteiger partial charge in [-0.05, 0) is 37.9 Å². The molecule has 1 fully saturated rings. The normalized spacial score (nSPS) is 22.1. The molecule has 1 amide bonds. The summed E-state index contributed by atoms with van der Waals surface area (Å²) in [5.41, 5.74) is -0.344. The maximum atomic E-state index is 13.5. The molecule has 1 unspecified atom stereocenters. The Morgan fingerprint density at radius 2 is 2.40 bits per heavy atom.